The van der Waals surface area contributed by atoms with E-state index in [0.29, 0.717) is 13.2 Å². The van der Waals surface area contributed by atoms with E-state index in [1.807, 2.05) is 40.9 Å². The molecule has 1 amide bonds. The van der Waals surface area contributed by atoms with Crippen molar-refractivity contribution in [2.24, 2.45) is 7.05 Å². The fraction of sp³-hybridized carbons (Fsp3) is 0.444. The smallest absolute Gasteiger partial charge is 0.249 e. The molecule has 1 unspecified atom stereocenters. The molecule has 136 valence electrons. The van der Waals surface area contributed by atoms with Crippen molar-refractivity contribution < 1.29 is 9.53 Å². The first-order chi connectivity index (χ1) is 11.8. The zero-order valence-electron chi connectivity index (χ0n) is 14.4. The quantitative estimate of drug-likeness (QED) is 0.790. The normalized spacial score (nSPS) is 17.2. The first-order valence-corrected chi connectivity index (χ1v) is 8.35. The van der Waals surface area contributed by atoms with Gasteiger partial charge in [0.15, 0.2) is 0 Å². The lowest BCUT2D eigenvalue weighted by atomic mass is 10.1. The maximum Gasteiger partial charge on any atom is 0.249 e. The van der Waals surface area contributed by atoms with Crippen LogP contribution < -0.4 is 5.32 Å². The van der Waals surface area contributed by atoms with E-state index in [2.05, 4.69) is 22.4 Å². The molecule has 1 aliphatic rings. The number of imidazole rings is 1. The summed E-state index contributed by atoms with van der Waals surface area (Å²) in [4.78, 5) is 18.8. The lowest BCUT2D eigenvalue weighted by molar-refractivity contribution is -0.139. The summed E-state index contributed by atoms with van der Waals surface area (Å²) in [6.45, 7) is 2.87. The van der Waals surface area contributed by atoms with Crippen LogP contribution in [-0.2, 0) is 23.0 Å². The number of carbonyl (C=O) groups excluding carboxylic acids is 1. The van der Waals surface area contributed by atoms with Crippen molar-refractivity contribution in [3.05, 3.63) is 54.1 Å². The van der Waals surface area contributed by atoms with Crippen LogP contribution in [0.5, 0.6) is 0 Å². The lowest BCUT2D eigenvalue weighted by Gasteiger charge is -2.35. The first-order valence-electron chi connectivity index (χ1n) is 8.35. The molecule has 2 aromatic rings. The Hall–Kier alpha value is -1.89. The topological polar surface area (TPSA) is 59.4 Å². The number of piperazine rings is 1. The van der Waals surface area contributed by atoms with Gasteiger partial charge in [-0.05, 0) is 12.0 Å². The molecule has 1 aromatic heterocycles. The molecule has 6 nitrogen and oxygen atoms in total. The van der Waals surface area contributed by atoms with E-state index in [1.54, 1.807) is 6.20 Å². The molecule has 1 N–H and O–H groups in total. The summed E-state index contributed by atoms with van der Waals surface area (Å²) in [5, 5.41) is 3.34. The highest BCUT2D eigenvalue weighted by molar-refractivity contribution is 5.85. The van der Waals surface area contributed by atoms with Gasteiger partial charge in [0.2, 0.25) is 5.91 Å². The molecule has 3 rings (SSSR count). The molecule has 0 aliphatic carbocycles. The Morgan fingerprint density at radius 3 is 2.88 bits per heavy atom. The molecule has 1 aliphatic heterocycles. The summed E-state index contributed by atoms with van der Waals surface area (Å²) < 4.78 is 7.58. The van der Waals surface area contributed by atoms with Crippen molar-refractivity contribution in [3.8, 4) is 0 Å². The van der Waals surface area contributed by atoms with Gasteiger partial charge in [-0.2, -0.15) is 0 Å². The van der Waals surface area contributed by atoms with Crippen molar-refractivity contribution in [3.63, 3.8) is 0 Å². The molecular formula is C18H25ClN4O2. The molecule has 0 bridgehead atoms. The second kappa shape index (κ2) is 9.56. The molecule has 0 spiro atoms. The average molecular weight is 365 g/mol. The third-order valence-electron chi connectivity index (χ3n) is 4.32. The largest absolute Gasteiger partial charge is 0.371 e. The monoisotopic (exact) mass is 364 g/mol. The Morgan fingerprint density at radius 2 is 2.16 bits per heavy atom. The number of hydrogen-bond acceptors (Lipinski definition) is 4. The molecule has 25 heavy (non-hydrogen) atoms. The predicted octanol–water partition coefficient (Wildman–Crippen LogP) is 1.57. The number of benzene rings is 1. The molecular weight excluding hydrogens is 340 g/mol. The minimum atomic E-state index is -0.0380. The van der Waals surface area contributed by atoms with Gasteiger partial charge in [0, 0.05) is 39.1 Å². The maximum absolute atomic E-state index is 12.6. The highest BCUT2D eigenvalue weighted by Crippen LogP contribution is 2.20. The number of rotatable bonds is 6. The molecule has 0 radical (unpaired) electrons. The van der Waals surface area contributed by atoms with E-state index in [9.17, 15) is 4.79 Å². The molecule has 1 saturated heterocycles. The van der Waals surface area contributed by atoms with Crippen LogP contribution in [0.4, 0.5) is 0 Å². The van der Waals surface area contributed by atoms with Gasteiger partial charge in [0.05, 0.1) is 6.61 Å². The summed E-state index contributed by atoms with van der Waals surface area (Å²) in [5.74, 6) is 0.928. The van der Waals surface area contributed by atoms with E-state index < -0.39 is 0 Å². The Labute approximate surface area is 154 Å². The Kier molecular flexibility index (Phi) is 7.43. The molecule has 1 atom stereocenters. The van der Waals surface area contributed by atoms with Crippen molar-refractivity contribution in [1.29, 1.82) is 0 Å². The minimum Gasteiger partial charge on any atom is -0.371 e. The standard InChI is InChI=1S/C18H24N4O2.ClH/c1-21-10-9-20-18(21)16-13-19-8-11-22(16)17(23)14-24-12-7-15-5-3-2-4-6-15;/h2-6,9-10,16,19H,7-8,11-14H2,1H3;1H. The number of amides is 1. The average Bonchev–Trinajstić information content (AvgIpc) is 3.05. The van der Waals surface area contributed by atoms with Crippen LogP contribution in [0.15, 0.2) is 42.7 Å². The molecule has 1 aromatic carbocycles. The van der Waals surface area contributed by atoms with Crippen LogP contribution in [0.3, 0.4) is 0 Å². The van der Waals surface area contributed by atoms with Crippen molar-refractivity contribution in [2.45, 2.75) is 12.5 Å². The molecule has 1 fully saturated rings. The van der Waals surface area contributed by atoms with E-state index in [0.717, 1.165) is 25.3 Å². The Balaban J connectivity index is 0.00000225. The number of nitrogens with zero attached hydrogens (tertiary/aromatic N) is 3. The third-order valence-corrected chi connectivity index (χ3v) is 4.32. The van der Waals surface area contributed by atoms with Crippen LogP contribution in [-0.4, -0.2) is 53.2 Å². The van der Waals surface area contributed by atoms with Crippen LogP contribution in [0.1, 0.15) is 17.4 Å². The fourth-order valence-corrected chi connectivity index (χ4v) is 3.01. The van der Waals surface area contributed by atoms with Gasteiger partial charge in [0.25, 0.3) is 0 Å². The highest BCUT2D eigenvalue weighted by atomic mass is 35.5. The van der Waals surface area contributed by atoms with E-state index >= 15 is 0 Å². The molecule has 0 saturated carbocycles. The fourth-order valence-electron chi connectivity index (χ4n) is 3.01. The van der Waals surface area contributed by atoms with E-state index in [1.165, 1.54) is 5.56 Å². The van der Waals surface area contributed by atoms with Gasteiger partial charge in [-0.25, -0.2) is 4.98 Å². The van der Waals surface area contributed by atoms with Crippen molar-refractivity contribution >= 4 is 18.3 Å². The van der Waals surface area contributed by atoms with Crippen molar-refractivity contribution in [1.82, 2.24) is 19.8 Å². The third kappa shape index (κ3) is 5.04. The van der Waals surface area contributed by atoms with Crippen LogP contribution >= 0.6 is 12.4 Å². The SMILES string of the molecule is Cl.Cn1ccnc1C1CNCCN1C(=O)COCCc1ccccc1. The Bertz CT molecular complexity index is 662. The highest BCUT2D eigenvalue weighted by Gasteiger charge is 2.30. The van der Waals surface area contributed by atoms with Crippen LogP contribution in [0.25, 0.3) is 0 Å². The summed E-state index contributed by atoms with van der Waals surface area (Å²) in [7, 11) is 1.95. The number of aromatic nitrogens is 2. The second-order valence-electron chi connectivity index (χ2n) is 5.99. The summed E-state index contributed by atoms with van der Waals surface area (Å²) in [6.07, 6.45) is 4.49. The van der Waals surface area contributed by atoms with Crippen LogP contribution in [0, 0.1) is 0 Å². The van der Waals surface area contributed by atoms with E-state index in [4.69, 9.17) is 4.74 Å². The molecule has 2 heterocycles. The van der Waals surface area contributed by atoms with Crippen LogP contribution in [0.2, 0.25) is 0 Å². The summed E-state index contributed by atoms with van der Waals surface area (Å²) in [6, 6.07) is 10.1. The van der Waals surface area contributed by atoms with Gasteiger partial charge in [-0.1, -0.05) is 30.3 Å². The second-order valence-corrected chi connectivity index (χ2v) is 5.99. The number of aryl methyl sites for hydroxylation is 1. The zero-order chi connectivity index (χ0) is 16.8. The maximum atomic E-state index is 12.6. The Morgan fingerprint density at radius 1 is 1.36 bits per heavy atom. The summed E-state index contributed by atoms with van der Waals surface area (Å²) in [5.41, 5.74) is 1.22. The summed E-state index contributed by atoms with van der Waals surface area (Å²) >= 11 is 0. The van der Waals surface area contributed by atoms with Crippen molar-refractivity contribution in [2.75, 3.05) is 32.8 Å². The minimum absolute atomic E-state index is 0. The number of carbonyl (C=O) groups is 1. The number of ether oxygens (including phenoxy) is 1. The van der Waals surface area contributed by atoms with Gasteiger partial charge in [-0.15, -0.1) is 12.4 Å². The van der Waals surface area contributed by atoms with Gasteiger partial charge in [0.1, 0.15) is 18.5 Å². The first kappa shape index (κ1) is 19.4. The van der Waals surface area contributed by atoms with Gasteiger partial charge >= 0.3 is 0 Å². The number of hydrogen-bond donors (Lipinski definition) is 1. The van der Waals surface area contributed by atoms with Gasteiger partial charge < -0.3 is 19.5 Å². The van der Waals surface area contributed by atoms with Gasteiger partial charge in [-0.3, -0.25) is 4.79 Å². The lowest BCUT2D eigenvalue weighted by Crippen LogP contribution is -2.50. The number of halogens is 1. The van der Waals surface area contributed by atoms with E-state index in [-0.39, 0.29) is 31.0 Å². The molecule has 7 heteroatoms. The predicted molar refractivity (Wildman–Crippen MR) is 98.7 cm³/mol. The number of nitrogens with one attached hydrogen (secondary N) is 1. The zero-order valence-corrected chi connectivity index (χ0v) is 15.2.